The van der Waals surface area contributed by atoms with Gasteiger partial charge in [-0.2, -0.15) is 0 Å². The summed E-state index contributed by atoms with van der Waals surface area (Å²) >= 11 is 0. The Hall–Kier alpha value is -1.77. The van der Waals surface area contributed by atoms with E-state index in [1.807, 2.05) is 32.0 Å². The molecular weight excluding hydrogens is 262 g/mol. The van der Waals surface area contributed by atoms with Gasteiger partial charge in [0.05, 0.1) is 0 Å². The molecule has 3 rings (SSSR count). The van der Waals surface area contributed by atoms with Gasteiger partial charge in [-0.1, -0.05) is 43.9 Å². The van der Waals surface area contributed by atoms with Crippen molar-refractivity contribution in [3.63, 3.8) is 0 Å². The number of rotatable bonds is 4. The van der Waals surface area contributed by atoms with Crippen molar-refractivity contribution in [2.75, 3.05) is 6.54 Å². The Labute approximate surface area is 125 Å². The van der Waals surface area contributed by atoms with Crippen LogP contribution >= 0.6 is 0 Å². The third kappa shape index (κ3) is 2.82. The highest BCUT2D eigenvalue weighted by molar-refractivity contribution is 5.99. The zero-order valence-electron chi connectivity index (χ0n) is 12.9. The zero-order valence-corrected chi connectivity index (χ0v) is 12.9. The number of aryl methyl sites for hydroxylation is 2. The summed E-state index contributed by atoms with van der Waals surface area (Å²) < 4.78 is 5.80. The lowest BCUT2D eigenvalue weighted by Crippen LogP contribution is -2.25. The van der Waals surface area contributed by atoms with Gasteiger partial charge >= 0.3 is 0 Å². The number of furan rings is 1. The molecule has 0 unspecified atom stereocenters. The summed E-state index contributed by atoms with van der Waals surface area (Å²) in [6.07, 6.45) is 6.42. The number of hydrogen-bond acceptors (Lipinski definition) is 2. The van der Waals surface area contributed by atoms with Crippen molar-refractivity contribution in [1.82, 2.24) is 5.32 Å². The Balaban J connectivity index is 1.69. The van der Waals surface area contributed by atoms with Crippen molar-refractivity contribution in [1.29, 1.82) is 0 Å². The van der Waals surface area contributed by atoms with E-state index in [9.17, 15) is 4.79 Å². The highest BCUT2D eigenvalue weighted by atomic mass is 16.3. The third-order valence-corrected chi connectivity index (χ3v) is 4.68. The van der Waals surface area contributed by atoms with E-state index >= 15 is 0 Å². The van der Waals surface area contributed by atoms with E-state index in [1.54, 1.807) is 0 Å². The molecule has 1 aromatic carbocycles. The van der Waals surface area contributed by atoms with Gasteiger partial charge in [-0.15, -0.1) is 0 Å². The maximum atomic E-state index is 12.3. The first kappa shape index (κ1) is 14.2. The van der Waals surface area contributed by atoms with E-state index in [-0.39, 0.29) is 5.91 Å². The first-order valence-corrected chi connectivity index (χ1v) is 7.93. The Morgan fingerprint density at radius 3 is 2.76 bits per heavy atom. The molecule has 1 aromatic heterocycles. The van der Waals surface area contributed by atoms with E-state index < -0.39 is 0 Å². The number of carbonyl (C=O) groups is 1. The summed E-state index contributed by atoms with van der Waals surface area (Å²) in [6, 6.07) is 6.02. The van der Waals surface area contributed by atoms with Crippen molar-refractivity contribution < 1.29 is 9.21 Å². The van der Waals surface area contributed by atoms with E-state index in [0.29, 0.717) is 5.76 Å². The van der Waals surface area contributed by atoms with Crippen LogP contribution in [-0.2, 0) is 0 Å². The van der Waals surface area contributed by atoms with Gasteiger partial charge in [0.15, 0.2) is 5.76 Å². The van der Waals surface area contributed by atoms with Gasteiger partial charge in [-0.05, 0) is 31.7 Å². The van der Waals surface area contributed by atoms with Crippen molar-refractivity contribution in [2.45, 2.75) is 46.0 Å². The summed E-state index contributed by atoms with van der Waals surface area (Å²) in [6.45, 7) is 4.71. The summed E-state index contributed by atoms with van der Waals surface area (Å²) in [5.74, 6) is 1.18. The maximum absolute atomic E-state index is 12.3. The smallest absolute Gasteiger partial charge is 0.287 e. The standard InChI is InChI=1S/C18H23NO2/c1-12-6-5-9-15-13(2)17(21-16(12)15)18(20)19-11-10-14-7-3-4-8-14/h5-6,9,14H,3-4,7-8,10-11H2,1-2H3,(H,19,20). The molecule has 1 aliphatic carbocycles. The molecule has 0 bridgehead atoms. The molecule has 0 spiro atoms. The van der Waals surface area contributed by atoms with Crippen LogP contribution in [0, 0.1) is 19.8 Å². The molecule has 3 nitrogen and oxygen atoms in total. The SMILES string of the molecule is Cc1c(C(=O)NCCC2CCCC2)oc2c(C)cccc12. The monoisotopic (exact) mass is 285 g/mol. The maximum Gasteiger partial charge on any atom is 0.287 e. The van der Waals surface area contributed by atoms with Crippen LogP contribution in [0.1, 0.15) is 53.8 Å². The quantitative estimate of drug-likeness (QED) is 0.907. The van der Waals surface area contributed by atoms with Crippen LogP contribution in [0.4, 0.5) is 0 Å². The van der Waals surface area contributed by atoms with E-state index in [4.69, 9.17) is 4.42 Å². The normalized spacial score (nSPS) is 15.7. The minimum absolute atomic E-state index is 0.0823. The number of amides is 1. The van der Waals surface area contributed by atoms with Crippen LogP contribution in [0.15, 0.2) is 22.6 Å². The fourth-order valence-electron chi connectivity index (χ4n) is 3.37. The molecule has 0 atom stereocenters. The largest absolute Gasteiger partial charge is 0.450 e. The fourth-order valence-corrected chi connectivity index (χ4v) is 3.37. The second kappa shape index (κ2) is 5.92. The van der Waals surface area contributed by atoms with Crippen LogP contribution in [0.5, 0.6) is 0 Å². The first-order chi connectivity index (χ1) is 10.2. The molecule has 0 saturated heterocycles. The van der Waals surface area contributed by atoms with Crippen molar-refractivity contribution in [3.8, 4) is 0 Å². The van der Waals surface area contributed by atoms with Gasteiger partial charge in [-0.25, -0.2) is 0 Å². The third-order valence-electron chi connectivity index (χ3n) is 4.68. The van der Waals surface area contributed by atoms with Crippen molar-refractivity contribution >= 4 is 16.9 Å². The number of nitrogens with one attached hydrogen (secondary N) is 1. The molecular formula is C18H23NO2. The molecule has 1 amide bonds. The minimum Gasteiger partial charge on any atom is -0.450 e. The summed E-state index contributed by atoms with van der Waals surface area (Å²) in [4.78, 5) is 12.3. The molecule has 1 aliphatic rings. The van der Waals surface area contributed by atoms with Gasteiger partial charge < -0.3 is 9.73 Å². The Kier molecular flexibility index (Phi) is 4.00. The molecule has 1 N–H and O–H groups in total. The second-order valence-electron chi connectivity index (χ2n) is 6.20. The Morgan fingerprint density at radius 1 is 1.29 bits per heavy atom. The summed E-state index contributed by atoms with van der Waals surface area (Å²) in [7, 11) is 0. The molecule has 2 aromatic rings. The minimum atomic E-state index is -0.0823. The predicted octanol–water partition coefficient (Wildman–Crippen LogP) is 4.36. The highest BCUT2D eigenvalue weighted by Crippen LogP contribution is 2.28. The first-order valence-electron chi connectivity index (χ1n) is 7.93. The van der Waals surface area contributed by atoms with E-state index in [1.165, 1.54) is 25.7 Å². The summed E-state index contributed by atoms with van der Waals surface area (Å²) in [5, 5.41) is 4.05. The van der Waals surface area contributed by atoms with Gasteiger partial charge in [0.25, 0.3) is 5.91 Å². The second-order valence-corrected chi connectivity index (χ2v) is 6.20. The Bertz CT molecular complexity index is 651. The lowest BCUT2D eigenvalue weighted by molar-refractivity contribution is 0.0925. The number of fused-ring (bicyclic) bond motifs is 1. The lowest BCUT2D eigenvalue weighted by atomic mass is 10.0. The van der Waals surface area contributed by atoms with E-state index in [2.05, 4.69) is 5.32 Å². The molecule has 1 heterocycles. The molecule has 3 heteroatoms. The van der Waals surface area contributed by atoms with Gasteiger partial charge in [-0.3, -0.25) is 4.79 Å². The van der Waals surface area contributed by atoms with Crippen LogP contribution in [0.2, 0.25) is 0 Å². The predicted molar refractivity (Wildman–Crippen MR) is 84.6 cm³/mol. The molecule has 1 saturated carbocycles. The number of benzene rings is 1. The van der Waals surface area contributed by atoms with Crippen LogP contribution in [0.3, 0.4) is 0 Å². The zero-order chi connectivity index (χ0) is 14.8. The summed E-state index contributed by atoms with van der Waals surface area (Å²) in [5.41, 5.74) is 2.84. The molecule has 0 aliphatic heterocycles. The molecule has 112 valence electrons. The average molecular weight is 285 g/mol. The van der Waals surface area contributed by atoms with E-state index in [0.717, 1.165) is 41.0 Å². The van der Waals surface area contributed by atoms with Crippen molar-refractivity contribution in [3.05, 3.63) is 35.1 Å². The number of carbonyl (C=O) groups excluding carboxylic acids is 1. The average Bonchev–Trinajstić information content (AvgIpc) is 3.08. The highest BCUT2D eigenvalue weighted by Gasteiger charge is 2.19. The Morgan fingerprint density at radius 2 is 2.05 bits per heavy atom. The number of hydrogen-bond donors (Lipinski definition) is 1. The van der Waals surface area contributed by atoms with Gasteiger partial charge in [0.1, 0.15) is 5.58 Å². The van der Waals surface area contributed by atoms with Crippen molar-refractivity contribution in [2.24, 2.45) is 5.92 Å². The fraction of sp³-hybridized carbons (Fsp3) is 0.500. The van der Waals surface area contributed by atoms with Gasteiger partial charge in [0.2, 0.25) is 0 Å². The van der Waals surface area contributed by atoms with Gasteiger partial charge in [0, 0.05) is 17.5 Å². The van der Waals surface area contributed by atoms with Crippen LogP contribution in [-0.4, -0.2) is 12.5 Å². The molecule has 21 heavy (non-hydrogen) atoms. The molecule has 0 radical (unpaired) electrons. The molecule has 1 fully saturated rings. The van der Waals surface area contributed by atoms with Crippen LogP contribution < -0.4 is 5.32 Å². The lowest BCUT2D eigenvalue weighted by Gasteiger charge is -2.09. The topological polar surface area (TPSA) is 42.2 Å². The number of para-hydroxylation sites is 1. The van der Waals surface area contributed by atoms with Crippen LogP contribution in [0.25, 0.3) is 11.0 Å².